The summed E-state index contributed by atoms with van der Waals surface area (Å²) >= 11 is 0. The van der Waals surface area contributed by atoms with Crippen molar-refractivity contribution in [3.05, 3.63) is 66.2 Å². The van der Waals surface area contributed by atoms with Gasteiger partial charge in [-0.1, -0.05) is 60.2 Å². The van der Waals surface area contributed by atoms with Crippen molar-refractivity contribution in [2.45, 2.75) is 6.92 Å². The van der Waals surface area contributed by atoms with Crippen LogP contribution in [0.15, 0.2) is 60.7 Å². The van der Waals surface area contributed by atoms with Crippen LogP contribution in [0.1, 0.15) is 5.56 Å². The number of hydrogen-bond acceptors (Lipinski definition) is 3. The van der Waals surface area contributed by atoms with Crippen LogP contribution in [-0.2, 0) is 7.05 Å². The van der Waals surface area contributed by atoms with E-state index < -0.39 is 0 Å². The van der Waals surface area contributed by atoms with E-state index in [-0.39, 0.29) is 0 Å². The van der Waals surface area contributed by atoms with Gasteiger partial charge >= 0.3 is 0 Å². The topological polar surface area (TPSA) is 43.6 Å². The fourth-order valence-corrected chi connectivity index (χ4v) is 2.72. The summed E-state index contributed by atoms with van der Waals surface area (Å²) in [5.41, 5.74) is 5.97. The molecule has 0 aliphatic rings. The van der Waals surface area contributed by atoms with E-state index in [4.69, 9.17) is 0 Å². The van der Waals surface area contributed by atoms with Crippen LogP contribution in [0.3, 0.4) is 0 Å². The van der Waals surface area contributed by atoms with Gasteiger partial charge in [0.1, 0.15) is 5.69 Å². The highest BCUT2D eigenvalue weighted by atomic mass is 15.3. The molecule has 23 heavy (non-hydrogen) atoms. The van der Waals surface area contributed by atoms with Crippen molar-refractivity contribution < 1.29 is 0 Å². The summed E-state index contributed by atoms with van der Waals surface area (Å²) in [6, 6.07) is 20.5. The number of nitrogens with zero attached hydrogens (tertiary/aromatic N) is 4. The van der Waals surface area contributed by atoms with Crippen LogP contribution >= 0.6 is 0 Å². The third kappa shape index (κ3) is 2.38. The molecule has 0 amide bonds. The summed E-state index contributed by atoms with van der Waals surface area (Å²) in [5.74, 6) is 0. The molecular formula is C19H16N4. The Bertz CT molecular complexity index is 970. The number of aryl methyl sites for hydroxylation is 2. The zero-order valence-electron chi connectivity index (χ0n) is 13.1. The number of hydrogen-bond donors (Lipinski definition) is 0. The summed E-state index contributed by atoms with van der Waals surface area (Å²) in [6.45, 7) is 2.08. The van der Waals surface area contributed by atoms with E-state index in [9.17, 15) is 0 Å². The molecule has 0 N–H and O–H groups in total. The quantitative estimate of drug-likeness (QED) is 0.562. The smallest absolute Gasteiger partial charge is 0.180 e. The van der Waals surface area contributed by atoms with E-state index >= 15 is 0 Å². The van der Waals surface area contributed by atoms with Gasteiger partial charge in [-0.15, -0.1) is 10.2 Å². The molecule has 0 fully saturated rings. The van der Waals surface area contributed by atoms with E-state index in [1.807, 2.05) is 37.4 Å². The van der Waals surface area contributed by atoms with E-state index in [0.29, 0.717) is 0 Å². The maximum atomic E-state index is 4.64. The Labute approximate surface area is 134 Å². The second kappa shape index (κ2) is 5.32. The Hall–Kier alpha value is -3.01. The third-order valence-electron chi connectivity index (χ3n) is 3.98. The van der Waals surface area contributed by atoms with Crippen LogP contribution in [0, 0.1) is 6.92 Å². The summed E-state index contributed by atoms with van der Waals surface area (Å²) in [7, 11) is 1.90. The predicted octanol–water partition coefficient (Wildman–Crippen LogP) is 4.01. The minimum atomic E-state index is 0.792. The molecule has 0 saturated heterocycles. The average Bonchev–Trinajstić information content (AvgIpc) is 2.93. The van der Waals surface area contributed by atoms with Gasteiger partial charge in [0, 0.05) is 18.2 Å². The van der Waals surface area contributed by atoms with Gasteiger partial charge in [0.25, 0.3) is 0 Å². The molecule has 0 atom stereocenters. The van der Waals surface area contributed by atoms with Gasteiger partial charge in [-0.25, -0.2) is 4.68 Å². The van der Waals surface area contributed by atoms with Gasteiger partial charge in [0.05, 0.1) is 11.1 Å². The first-order valence-corrected chi connectivity index (χ1v) is 7.55. The highest BCUT2D eigenvalue weighted by Crippen LogP contribution is 2.29. The predicted molar refractivity (Wildman–Crippen MR) is 91.9 cm³/mol. The molecule has 2 heterocycles. The monoisotopic (exact) mass is 300 g/mol. The lowest BCUT2D eigenvalue weighted by Crippen LogP contribution is -1.94. The summed E-state index contributed by atoms with van der Waals surface area (Å²) in [6.07, 6.45) is 0. The number of benzene rings is 2. The van der Waals surface area contributed by atoms with Crippen molar-refractivity contribution >= 4 is 11.0 Å². The van der Waals surface area contributed by atoms with Crippen molar-refractivity contribution in [2.24, 2.45) is 7.05 Å². The van der Waals surface area contributed by atoms with Crippen LogP contribution in [0.2, 0.25) is 0 Å². The number of fused-ring (bicyclic) bond motifs is 1. The lowest BCUT2D eigenvalue weighted by atomic mass is 10.1. The molecule has 112 valence electrons. The molecule has 0 aliphatic heterocycles. The second-order valence-electron chi connectivity index (χ2n) is 5.67. The van der Waals surface area contributed by atoms with Gasteiger partial charge in [-0.05, 0) is 13.0 Å². The zero-order chi connectivity index (χ0) is 15.8. The van der Waals surface area contributed by atoms with Gasteiger partial charge in [0.2, 0.25) is 0 Å². The molecule has 0 spiro atoms. The van der Waals surface area contributed by atoms with E-state index in [1.165, 1.54) is 5.56 Å². The van der Waals surface area contributed by atoms with Crippen LogP contribution in [-0.4, -0.2) is 20.0 Å². The van der Waals surface area contributed by atoms with Crippen LogP contribution in [0.5, 0.6) is 0 Å². The van der Waals surface area contributed by atoms with Crippen molar-refractivity contribution in [3.8, 4) is 22.5 Å². The Morgan fingerprint density at radius 1 is 0.826 bits per heavy atom. The fraction of sp³-hybridized carbons (Fsp3) is 0.105. The largest absolute Gasteiger partial charge is 0.248 e. The summed E-state index contributed by atoms with van der Waals surface area (Å²) < 4.78 is 1.78. The average molecular weight is 300 g/mol. The normalized spacial score (nSPS) is 11.0. The van der Waals surface area contributed by atoms with Crippen LogP contribution in [0.25, 0.3) is 33.5 Å². The molecule has 4 nitrogen and oxygen atoms in total. The first-order chi connectivity index (χ1) is 11.2. The fourth-order valence-electron chi connectivity index (χ4n) is 2.72. The maximum absolute atomic E-state index is 4.64. The molecule has 4 aromatic rings. The summed E-state index contributed by atoms with van der Waals surface area (Å²) in [4.78, 5) is 0. The third-order valence-corrected chi connectivity index (χ3v) is 3.98. The molecule has 2 aromatic carbocycles. The Kier molecular flexibility index (Phi) is 3.15. The van der Waals surface area contributed by atoms with Gasteiger partial charge < -0.3 is 0 Å². The van der Waals surface area contributed by atoms with Gasteiger partial charge in [0.15, 0.2) is 5.65 Å². The second-order valence-corrected chi connectivity index (χ2v) is 5.67. The summed E-state index contributed by atoms with van der Waals surface area (Å²) in [5, 5.41) is 14.4. The minimum absolute atomic E-state index is 0.792. The van der Waals surface area contributed by atoms with E-state index in [2.05, 4.69) is 52.6 Å². The maximum Gasteiger partial charge on any atom is 0.180 e. The molecule has 0 radical (unpaired) electrons. The molecule has 2 aromatic heterocycles. The first-order valence-electron chi connectivity index (χ1n) is 7.55. The van der Waals surface area contributed by atoms with Crippen molar-refractivity contribution in [1.29, 1.82) is 0 Å². The lowest BCUT2D eigenvalue weighted by molar-refractivity contribution is 0.781. The SMILES string of the molecule is Cc1ccc(-c2nn(C)c3nnc(-c4ccccc4)cc23)cc1. The van der Waals surface area contributed by atoms with E-state index in [1.54, 1.807) is 4.68 Å². The van der Waals surface area contributed by atoms with Crippen LogP contribution < -0.4 is 0 Å². The molecule has 0 bridgehead atoms. The van der Waals surface area contributed by atoms with Crippen molar-refractivity contribution in [1.82, 2.24) is 20.0 Å². The van der Waals surface area contributed by atoms with Crippen LogP contribution in [0.4, 0.5) is 0 Å². The molecule has 0 aliphatic carbocycles. The molecular weight excluding hydrogens is 284 g/mol. The lowest BCUT2D eigenvalue weighted by Gasteiger charge is -2.01. The molecule has 0 unspecified atom stereocenters. The Balaban J connectivity index is 1.93. The minimum Gasteiger partial charge on any atom is -0.248 e. The standard InChI is InChI=1S/C19H16N4/c1-13-8-10-15(11-9-13)18-16-12-17(14-6-4-3-5-7-14)20-21-19(16)23(2)22-18/h3-12H,1-2H3. The number of rotatable bonds is 2. The van der Waals surface area contributed by atoms with Gasteiger partial charge in [-0.2, -0.15) is 5.10 Å². The molecule has 0 saturated carbocycles. The number of aromatic nitrogens is 4. The Morgan fingerprint density at radius 3 is 2.30 bits per heavy atom. The van der Waals surface area contributed by atoms with Crippen molar-refractivity contribution in [2.75, 3.05) is 0 Å². The molecule has 4 rings (SSSR count). The highest BCUT2D eigenvalue weighted by Gasteiger charge is 2.13. The van der Waals surface area contributed by atoms with E-state index in [0.717, 1.165) is 33.5 Å². The van der Waals surface area contributed by atoms with Gasteiger partial charge in [-0.3, -0.25) is 0 Å². The highest BCUT2D eigenvalue weighted by molar-refractivity contribution is 5.92. The zero-order valence-corrected chi connectivity index (χ0v) is 13.1. The Morgan fingerprint density at radius 2 is 1.57 bits per heavy atom. The first kappa shape index (κ1) is 13.6. The molecule has 4 heteroatoms. The van der Waals surface area contributed by atoms with Crippen molar-refractivity contribution in [3.63, 3.8) is 0 Å².